The standard InChI is InChI=1S/C11H11N5O2/c1-7-3-2-4-8(5-7)14-9(17)10(18)15-11-12-6-13-16-11/h2-6H,1H3,(H,14,17)(H2,12,13,15,16,18). The van der Waals surface area contributed by atoms with Gasteiger partial charge in [-0.2, -0.15) is 10.1 Å². The van der Waals surface area contributed by atoms with Crippen molar-refractivity contribution in [3.8, 4) is 0 Å². The number of aromatic amines is 1. The zero-order valence-corrected chi connectivity index (χ0v) is 9.60. The number of carbonyl (C=O) groups excluding carboxylic acids is 2. The van der Waals surface area contributed by atoms with Crippen molar-refractivity contribution in [1.82, 2.24) is 15.2 Å². The third-order valence-electron chi connectivity index (χ3n) is 2.13. The van der Waals surface area contributed by atoms with Gasteiger partial charge in [0.05, 0.1) is 0 Å². The highest BCUT2D eigenvalue weighted by Gasteiger charge is 2.14. The Bertz CT molecular complexity index is 565. The summed E-state index contributed by atoms with van der Waals surface area (Å²) in [5.41, 5.74) is 1.55. The van der Waals surface area contributed by atoms with Crippen molar-refractivity contribution in [2.75, 3.05) is 10.6 Å². The van der Waals surface area contributed by atoms with Crippen LogP contribution in [0.4, 0.5) is 11.6 Å². The van der Waals surface area contributed by atoms with Crippen LogP contribution in [0.3, 0.4) is 0 Å². The second kappa shape index (κ2) is 5.09. The fourth-order valence-electron chi connectivity index (χ4n) is 1.34. The zero-order chi connectivity index (χ0) is 13.0. The van der Waals surface area contributed by atoms with Gasteiger partial charge in [0, 0.05) is 5.69 Å². The number of amides is 2. The average molecular weight is 245 g/mol. The summed E-state index contributed by atoms with van der Waals surface area (Å²) in [7, 11) is 0. The quantitative estimate of drug-likeness (QED) is 0.678. The minimum atomic E-state index is -0.812. The van der Waals surface area contributed by atoms with E-state index in [2.05, 4.69) is 25.8 Å². The number of nitrogens with zero attached hydrogens (tertiary/aromatic N) is 2. The number of anilines is 2. The Balaban J connectivity index is 1.97. The molecule has 2 aromatic rings. The van der Waals surface area contributed by atoms with E-state index in [9.17, 15) is 9.59 Å². The van der Waals surface area contributed by atoms with Crippen LogP contribution in [0, 0.1) is 6.92 Å². The second-order valence-electron chi connectivity index (χ2n) is 3.61. The minimum Gasteiger partial charge on any atom is -0.318 e. The first-order valence-corrected chi connectivity index (χ1v) is 5.19. The summed E-state index contributed by atoms with van der Waals surface area (Å²) < 4.78 is 0. The fraction of sp³-hybridized carbons (Fsp3) is 0.0909. The molecule has 3 N–H and O–H groups in total. The summed E-state index contributed by atoms with van der Waals surface area (Å²) in [5, 5.41) is 10.7. The van der Waals surface area contributed by atoms with Crippen LogP contribution in [-0.4, -0.2) is 27.0 Å². The molecule has 7 heteroatoms. The predicted octanol–water partition coefficient (Wildman–Crippen LogP) is 0.690. The van der Waals surface area contributed by atoms with E-state index < -0.39 is 11.8 Å². The van der Waals surface area contributed by atoms with Gasteiger partial charge in [-0.1, -0.05) is 12.1 Å². The molecule has 0 aliphatic heterocycles. The lowest BCUT2D eigenvalue weighted by molar-refractivity contribution is -0.133. The number of hydrogen-bond acceptors (Lipinski definition) is 4. The van der Waals surface area contributed by atoms with Crippen molar-refractivity contribution in [3.05, 3.63) is 36.2 Å². The summed E-state index contributed by atoms with van der Waals surface area (Å²) >= 11 is 0. The zero-order valence-electron chi connectivity index (χ0n) is 9.60. The van der Waals surface area contributed by atoms with Crippen LogP contribution >= 0.6 is 0 Å². The van der Waals surface area contributed by atoms with Crippen LogP contribution < -0.4 is 10.6 Å². The minimum absolute atomic E-state index is 0.124. The first-order chi connectivity index (χ1) is 8.65. The van der Waals surface area contributed by atoms with E-state index in [0.29, 0.717) is 5.69 Å². The highest BCUT2D eigenvalue weighted by Crippen LogP contribution is 2.09. The highest BCUT2D eigenvalue weighted by atomic mass is 16.2. The Morgan fingerprint density at radius 1 is 1.22 bits per heavy atom. The van der Waals surface area contributed by atoms with Gasteiger partial charge in [0.25, 0.3) is 0 Å². The molecule has 0 bridgehead atoms. The van der Waals surface area contributed by atoms with Crippen LogP contribution in [-0.2, 0) is 9.59 Å². The Morgan fingerprint density at radius 2 is 2.00 bits per heavy atom. The van der Waals surface area contributed by atoms with Gasteiger partial charge in [0.1, 0.15) is 6.33 Å². The van der Waals surface area contributed by atoms with Gasteiger partial charge < -0.3 is 5.32 Å². The number of aryl methyl sites for hydroxylation is 1. The fourth-order valence-corrected chi connectivity index (χ4v) is 1.34. The maximum Gasteiger partial charge on any atom is 0.316 e. The lowest BCUT2D eigenvalue weighted by atomic mass is 10.2. The van der Waals surface area contributed by atoms with Gasteiger partial charge in [0.2, 0.25) is 5.95 Å². The molecule has 0 aliphatic carbocycles. The van der Waals surface area contributed by atoms with Crippen LogP contribution in [0.15, 0.2) is 30.6 Å². The summed E-state index contributed by atoms with van der Waals surface area (Å²) in [6.45, 7) is 1.89. The molecule has 1 aromatic carbocycles. The molecule has 1 heterocycles. The third-order valence-corrected chi connectivity index (χ3v) is 2.13. The second-order valence-corrected chi connectivity index (χ2v) is 3.61. The molecule has 0 atom stereocenters. The molecule has 0 unspecified atom stereocenters. The first kappa shape index (κ1) is 11.8. The number of hydrogen-bond donors (Lipinski definition) is 3. The largest absolute Gasteiger partial charge is 0.318 e. The van der Waals surface area contributed by atoms with Crippen molar-refractivity contribution in [1.29, 1.82) is 0 Å². The van der Waals surface area contributed by atoms with Gasteiger partial charge in [-0.15, -0.1) is 0 Å². The molecule has 2 amide bonds. The van der Waals surface area contributed by atoms with Crippen molar-refractivity contribution < 1.29 is 9.59 Å². The van der Waals surface area contributed by atoms with Crippen molar-refractivity contribution in [2.45, 2.75) is 6.92 Å². The molecule has 0 fully saturated rings. The van der Waals surface area contributed by atoms with E-state index in [1.807, 2.05) is 13.0 Å². The van der Waals surface area contributed by atoms with Crippen LogP contribution in [0.1, 0.15) is 5.56 Å². The number of nitrogens with one attached hydrogen (secondary N) is 3. The molecule has 1 aromatic heterocycles. The van der Waals surface area contributed by atoms with Crippen LogP contribution in [0.2, 0.25) is 0 Å². The summed E-state index contributed by atoms with van der Waals surface area (Å²) in [5.74, 6) is -1.45. The maximum atomic E-state index is 11.6. The van der Waals surface area contributed by atoms with E-state index in [1.165, 1.54) is 6.33 Å². The third kappa shape index (κ3) is 2.91. The van der Waals surface area contributed by atoms with E-state index in [4.69, 9.17) is 0 Å². The summed E-state index contributed by atoms with van der Waals surface area (Å²) in [6.07, 6.45) is 1.23. The Hall–Kier alpha value is -2.70. The highest BCUT2D eigenvalue weighted by molar-refractivity contribution is 6.43. The molecule has 0 saturated heterocycles. The Kier molecular flexibility index (Phi) is 3.33. The van der Waals surface area contributed by atoms with Crippen molar-refractivity contribution in [3.63, 3.8) is 0 Å². The monoisotopic (exact) mass is 245 g/mol. The number of carbonyl (C=O) groups is 2. The maximum absolute atomic E-state index is 11.6. The number of benzene rings is 1. The van der Waals surface area contributed by atoms with Gasteiger partial charge in [-0.3, -0.25) is 14.9 Å². The molecule has 0 aliphatic rings. The normalized spacial score (nSPS) is 9.83. The summed E-state index contributed by atoms with van der Waals surface area (Å²) in [4.78, 5) is 26.7. The smallest absolute Gasteiger partial charge is 0.316 e. The molecular formula is C11H11N5O2. The lowest BCUT2D eigenvalue weighted by Crippen LogP contribution is -2.29. The van der Waals surface area contributed by atoms with E-state index in [0.717, 1.165) is 5.56 Å². The van der Waals surface area contributed by atoms with Crippen LogP contribution in [0.5, 0.6) is 0 Å². The predicted molar refractivity (Wildman–Crippen MR) is 64.8 cm³/mol. The Morgan fingerprint density at radius 3 is 2.67 bits per heavy atom. The molecule has 2 rings (SSSR count). The molecular weight excluding hydrogens is 234 g/mol. The van der Waals surface area contributed by atoms with Gasteiger partial charge in [-0.05, 0) is 24.6 Å². The molecule has 7 nitrogen and oxygen atoms in total. The van der Waals surface area contributed by atoms with Crippen LogP contribution in [0.25, 0.3) is 0 Å². The number of rotatable bonds is 2. The van der Waals surface area contributed by atoms with E-state index in [-0.39, 0.29) is 5.95 Å². The van der Waals surface area contributed by atoms with Gasteiger partial charge in [-0.25, -0.2) is 5.10 Å². The average Bonchev–Trinajstić information content (AvgIpc) is 2.81. The number of aromatic nitrogens is 3. The lowest BCUT2D eigenvalue weighted by Gasteiger charge is -2.05. The van der Waals surface area contributed by atoms with Gasteiger partial charge >= 0.3 is 11.8 Å². The topological polar surface area (TPSA) is 99.8 Å². The SMILES string of the molecule is Cc1cccc(NC(=O)C(=O)Nc2ncn[nH]2)c1. The number of H-pyrrole nitrogens is 1. The first-order valence-electron chi connectivity index (χ1n) is 5.19. The van der Waals surface area contributed by atoms with E-state index in [1.54, 1.807) is 18.2 Å². The van der Waals surface area contributed by atoms with Gasteiger partial charge in [0.15, 0.2) is 0 Å². The molecule has 0 radical (unpaired) electrons. The van der Waals surface area contributed by atoms with Crippen molar-refractivity contribution >= 4 is 23.5 Å². The van der Waals surface area contributed by atoms with Crippen molar-refractivity contribution in [2.24, 2.45) is 0 Å². The molecule has 0 saturated carbocycles. The summed E-state index contributed by atoms with van der Waals surface area (Å²) in [6, 6.07) is 7.15. The van der Waals surface area contributed by atoms with E-state index >= 15 is 0 Å². The molecule has 92 valence electrons. The molecule has 18 heavy (non-hydrogen) atoms. The molecule has 0 spiro atoms. The Labute approximate surface area is 103 Å².